The van der Waals surface area contributed by atoms with E-state index in [0.717, 1.165) is 6.54 Å². The molecule has 2 aliphatic rings. The lowest BCUT2D eigenvalue weighted by Gasteiger charge is -2.33. The first-order valence-corrected chi connectivity index (χ1v) is 11.1. The molecule has 0 aliphatic carbocycles. The van der Waals surface area contributed by atoms with Gasteiger partial charge in [0.1, 0.15) is 0 Å². The molecule has 7 nitrogen and oxygen atoms in total. The van der Waals surface area contributed by atoms with Crippen LogP contribution in [-0.4, -0.2) is 75.0 Å². The van der Waals surface area contributed by atoms with Gasteiger partial charge in [-0.1, -0.05) is 13.0 Å². The average molecular weight is 396 g/mol. The Morgan fingerprint density at radius 1 is 1.33 bits per heavy atom. The van der Waals surface area contributed by atoms with Crippen LogP contribution < -0.4 is 5.32 Å². The first kappa shape index (κ1) is 20.3. The summed E-state index contributed by atoms with van der Waals surface area (Å²) < 4.78 is 33.3. The SMILES string of the molecule is CCN(C1CCOCC1)S(=O)(=O)c1cccc(C(=O)N2CCN[C@@H](C)C2)c1. The molecule has 2 saturated heterocycles. The van der Waals surface area contributed by atoms with Crippen LogP contribution in [0.15, 0.2) is 29.2 Å². The van der Waals surface area contributed by atoms with Crippen LogP contribution in [0, 0.1) is 0 Å². The van der Waals surface area contributed by atoms with Gasteiger partial charge in [-0.25, -0.2) is 8.42 Å². The Bertz CT molecular complexity index is 762. The van der Waals surface area contributed by atoms with Crippen LogP contribution in [0.3, 0.4) is 0 Å². The van der Waals surface area contributed by atoms with E-state index >= 15 is 0 Å². The summed E-state index contributed by atoms with van der Waals surface area (Å²) >= 11 is 0. The van der Waals surface area contributed by atoms with Crippen LogP contribution in [0.2, 0.25) is 0 Å². The lowest BCUT2D eigenvalue weighted by molar-refractivity contribution is 0.0595. The fourth-order valence-electron chi connectivity index (χ4n) is 3.82. The third kappa shape index (κ3) is 4.51. The summed E-state index contributed by atoms with van der Waals surface area (Å²) in [4.78, 5) is 14.8. The molecular formula is C19H29N3O4S. The zero-order valence-corrected chi connectivity index (χ0v) is 16.9. The second-order valence-corrected chi connectivity index (χ2v) is 9.08. The third-order valence-electron chi connectivity index (χ3n) is 5.25. The molecule has 2 fully saturated rings. The van der Waals surface area contributed by atoms with Crippen LogP contribution in [0.1, 0.15) is 37.0 Å². The summed E-state index contributed by atoms with van der Waals surface area (Å²) in [5.74, 6) is -0.116. The van der Waals surface area contributed by atoms with Crippen molar-refractivity contribution in [3.8, 4) is 0 Å². The number of hydrogen-bond donors (Lipinski definition) is 1. The molecule has 0 unspecified atom stereocenters. The first-order chi connectivity index (χ1) is 12.9. The number of nitrogens with zero attached hydrogens (tertiary/aromatic N) is 2. The number of rotatable bonds is 5. The topological polar surface area (TPSA) is 79.0 Å². The van der Waals surface area contributed by atoms with E-state index in [1.165, 1.54) is 6.07 Å². The number of benzene rings is 1. The van der Waals surface area contributed by atoms with E-state index in [4.69, 9.17) is 4.74 Å². The van der Waals surface area contributed by atoms with E-state index in [1.807, 2.05) is 13.8 Å². The molecule has 1 aromatic carbocycles. The quantitative estimate of drug-likeness (QED) is 0.813. The molecule has 0 radical (unpaired) electrons. The van der Waals surface area contributed by atoms with Crippen LogP contribution in [0.4, 0.5) is 0 Å². The van der Waals surface area contributed by atoms with Crippen molar-refractivity contribution in [2.45, 2.75) is 43.7 Å². The molecule has 1 atom stereocenters. The first-order valence-electron chi connectivity index (χ1n) is 9.65. The van der Waals surface area contributed by atoms with Crippen molar-refractivity contribution in [1.82, 2.24) is 14.5 Å². The van der Waals surface area contributed by atoms with Crippen molar-refractivity contribution in [2.75, 3.05) is 39.4 Å². The van der Waals surface area contributed by atoms with Gasteiger partial charge in [-0.3, -0.25) is 4.79 Å². The van der Waals surface area contributed by atoms with Crippen LogP contribution in [0.5, 0.6) is 0 Å². The number of amides is 1. The summed E-state index contributed by atoms with van der Waals surface area (Å²) in [6.07, 6.45) is 1.40. The lowest BCUT2D eigenvalue weighted by Crippen LogP contribution is -2.51. The van der Waals surface area contributed by atoms with Crippen molar-refractivity contribution in [3.05, 3.63) is 29.8 Å². The largest absolute Gasteiger partial charge is 0.381 e. The molecule has 0 spiro atoms. The van der Waals surface area contributed by atoms with Crippen LogP contribution >= 0.6 is 0 Å². The Hall–Kier alpha value is -1.48. The summed E-state index contributed by atoms with van der Waals surface area (Å²) in [6.45, 7) is 7.45. The fraction of sp³-hybridized carbons (Fsp3) is 0.632. The predicted molar refractivity (Wildman–Crippen MR) is 103 cm³/mol. The number of carbonyl (C=O) groups excluding carboxylic acids is 1. The molecule has 1 aromatic rings. The highest BCUT2D eigenvalue weighted by Gasteiger charge is 2.32. The van der Waals surface area contributed by atoms with E-state index < -0.39 is 10.0 Å². The monoisotopic (exact) mass is 395 g/mol. The normalized spacial score (nSPS) is 22.2. The highest BCUT2D eigenvalue weighted by molar-refractivity contribution is 7.89. The van der Waals surface area contributed by atoms with Gasteiger partial charge in [-0.15, -0.1) is 0 Å². The van der Waals surface area contributed by atoms with Gasteiger partial charge in [0.05, 0.1) is 4.90 Å². The van der Waals surface area contributed by atoms with Gasteiger partial charge in [0, 0.05) is 57.0 Å². The number of carbonyl (C=O) groups is 1. The maximum atomic E-state index is 13.2. The maximum Gasteiger partial charge on any atom is 0.253 e. The molecule has 1 amide bonds. The molecule has 150 valence electrons. The van der Waals surface area contributed by atoms with Gasteiger partial charge in [-0.05, 0) is 38.0 Å². The number of nitrogens with one attached hydrogen (secondary N) is 1. The molecule has 0 bridgehead atoms. The van der Waals surface area contributed by atoms with Crippen molar-refractivity contribution < 1.29 is 17.9 Å². The van der Waals surface area contributed by atoms with E-state index in [2.05, 4.69) is 5.32 Å². The van der Waals surface area contributed by atoms with Gasteiger partial charge < -0.3 is 15.0 Å². The van der Waals surface area contributed by atoms with Crippen molar-refractivity contribution in [3.63, 3.8) is 0 Å². The van der Waals surface area contributed by atoms with Crippen molar-refractivity contribution in [2.24, 2.45) is 0 Å². The van der Waals surface area contributed by atoms with Crippen LogP contribution in [-0.2, 0) is 14.8 Å². The lowest BCUT2D eigenvalue weighted by atomic mass is 10.1. The standard InChI is InChI=1S/C19H29N3O4S/c1-3-22(17-7-11-26-12-8-17)27(24,25)18-6-4-5-16(13-18)19(23)21-10-9-20-15(2)14-21/h4-6,13,15,17,20H,3,7-12,14H2,1-2H3/t15-/m0/s1. The second-order valence-electron chi connectivity index (χ2n) is 7.19. The molecule has 2 aliphatic heterocycles. The van der Waals surface area contributed by atoms with Crippen molar-refractivity contribution in [1.29, 1.82) is 0 Å². The van der Waals surface area contributed by atoms with E-state index in [0.29, 0.717) is 51.3 Å². The van der Waals surface area contributed by atoms with Gasteiger partial charge in [0.2, 0.25) is 10.0 Å². The smallest absolute Gasteiger partial charge is 0.253 e. The molecule has 0 aromatic heterocycles. The maximum absolute atomic E-state index is 13.2. The molecule has 3 rings (SSSR count). The third-order valence-corrected chi connectivity index (χ3v) is 7.28. The average Bonchev–Trinajstić information content (AvgIpc) is 2.69. The zero-order valence-electron chi connectivity index (χ0n) is 16.1. The molecule has 0 saturated carbocycles. The van der Waals surface area contributed by atoms with Gasteiger partial charge in [0.15, 0.2) is 0 Å². The van der Waals surface area contributed by atoms with E-state index in [9.17, 15) is 13.2 Å². The second kappa shape index (κ2) is 8.68. The minimum atomic E-state index is -3.65. The predicted octanol–water partition coefficient (Wildman–Crippen LogP) is 1.31. The number of sulfonamides is 1. The Labute approximate surface area is 161 Å². The van der Waals surface area contributed by atoms with E-state index in [-0.39, 0.29) is 22.9 Å². The summed E-state index contributed by atoms with van der Waals surface area (Å²) in [5.41, 5.74) is 0.424. The summed E-state index contributed by atoms with van der Waals surface area (Å²) in [6, 6.07) is 6.63. The molecular weight excluding hydrogens is 366 g/mol. The number of ether oxygens (including phenoxy) is 1. The Morgan fingerprint density at radius 2 is 2.07 bits per heavy atom. The van der Waals surface area contributed by atoms with E-state index in [1.54, 1.807) is 27.4 Å². The summed E-state index contributed by atoms with van der Waals surface area (Å²) in [5, 5.41) is 3.31. The molecule has 8 heteroatoms. The Balaban J connectivity index is 1.83. The minimum Gasteiger partial charge on any atom is -0.381 e. The number of hydrogen-bond acceptors (Lipinski definition) is 5. The molecule has 27 heavy (non-hydrogen) atoms. The minimum absolute atomic E-state index is 0.0536. The summed E-state index contributed by atoms with van der Waals surface area (Å²) in [7, 11) is -3.65. The highest BCUT2D eigenvalue weighted by atomic mass is 32.2. The van der Waals surface area contributed by atoms with Gasteiger partial charge in [-0.2, -0.15) is 4.31 Å². The Kier molecular flexibility index (Phi) is 6.52. The Morgan fingerprint density at radius 3 is 2.74 bits per heavy atom. The fourth-order valence-corrected chi connectivity index (χ4v) is 5.56. The van der Waals surface area contributed by atoms with Gasteiger partial charge >= 0.3 is 0 Å². The highest BCUT2D eigenvalue weighted by Crippen LogP contribution is 2.24. The van der Waals surface area contributed by atoms with Crippen LogP contribution in [0.25, 0.3) is 0 Å². The van der Waals surface area contributed by atoms with Gasteiger partial charge in [0.25, 0.3) is 5.91 Å². The molecule has 2 heterocycles. The number of piperazine rings is 1. The molecule has 1 N–H and O–H groups in total. The zero-order chi connectivity index (χ0) is 19.4. The van der Waals surface area contributed by atoms with Crippen molar-refractivity contribution >= 4 is 15.9 Å².